The fourth-order valence-electron chi connectivity index (χ4n) is 0.524. The van der Waals surface area contributed by atoms with Gasteiger partial charge in [0, 0.05) is 0 Å². The Bertz CT molecular complexity index is 258. The summed E-state index contributed by atoms with van der Waals surface area (Å²) in [5, 5.41) is 1.76. The van der Waals surface area contributed by atoms with Crippen molar-refractivity contribution in [3.05, 3.63) is 0 Å². The van der Waals surface area contributed by atoms with Crippen molar-refractivity contribution < 1.29 is 88.7 Å². The molecule has 0 aliphatic carbocycles. The van der Waals surface area contributed by atoms with Gasteiger partial charge in [-0.2, -0.15) is 15.0 Å². The zero-order valence-corrected chi connectivity index (χ0v) is 22.9. The fraction of sp³-hybridized carbons (Fsp3) is 0. The van der Waals surface area contributed by atoms with Crippen LogP contribution >= 0.6 is 61.9 Å². The smallest absolute Gasteiger partial charge is 0.707 e. The van der Waals surface area contributed by atoms with Crippen LogP contribution in [0.4, 0.5) is 0 Å². The van der Waals surface area contributed by atoms with Crippen LogP contribution in [0.15, 0.2) is 15.5 Å². The normalized spacial score (nSPS) is 8.83. The summed E-state index contributed by atoms with van der Waals surface area (Å²) in [5.74, 6) is 0. The first-order valence-corrected chi connectivity index (χ1v) is 12.2. The van der Waals surface area contributed by atoms with E-state index in [1.54, 1.807) is 0 Å². The fourth-order valence-corrected chi connectivity index (χ4v) is 4.48. The van der Waals surface area contributed by atoms with Gasteiger partial charge in [-0.05, 0) is 32.4 Å². The van der Waals surface area contributed by atoms with Crippen LogP contribution < -0.4 is 88.7 Å². The summed E-state index contributed by atoms with van der Waals surface area (Å²) < 4.78 is 0. The van der Waals surface area contributed by atoms with Crippen molar-refractivity contribution in [3.8, 4) is 0 Å². The van der Waals surface area contributed by atoms with Gasteiger partial charge in [0.25, 0.3) is 0 Å². The minimum absolute atomic E-state index is 0. The minimum Gasteiger partial charge on any atom is -0.707 e. The molecule has 0 bridgehead atoms. The number of nitrogens with zero attached hydrogens (tertiary/aromatic N) is 3. The molecule has 0 aromatic carbocycles. The van der Waals surface area contributed by atoms with Gasteiger partial charge in [-0.25, -0.2) is 0 Å². The van der Waals surface area contributed by atoms with Crippen LogP contribution in [-0.2, 0) is 35.0 Å². The third-order valence-electron chi connectivity index (χ3n) is 0.900. The molecule has 1 aromatic heterocycles. The van der Waals surface area contributed by atoms with Gasteiger partial charge in [0.05, 0.1) is 0 Å². The van der Waals surface area contributed by atoms with Gasteiger partial charge in [0.15, 0.2) is 0 Å². The van der Waals surface area contributed by atoms with E-state index in [4.69, 9.17) is 35.0 Å². The van der Waals surface area contributed by atoms with Crippen molar-refractivity contribution >= 4 is 96.8 Å². The van der Waals surface area contributed by atoms with E-state index in [0.29, 0.717) is 15.5 Å². The Morgan fingerprint density at radius 1 is 0.556 bits per heavy atom. The van der Waals surface area contributed by atoms with Crippen LogP contribution in [-0.4, -0.2) is 15.0 Å². The second kappa shape index (κ2) is 18.5. The molecule has 15 heteroatoms. The summed E-state index contributed by atoms with van der Waals surface area (Å²) >= 11 is 14.3. The SMILES string of the molecule is [Na+].[Na+].[Na+].[S-]SSc1nc(SS[S-])nc(SS[S-])n1. The first-order chi connectivity index (χ1) is 7.30. The molecule has 0 radical (unpaired) electrons. The number of hydrogen-bond acceptors (Lipinski definition) is 12. The average Bonchev–Trinajstić information content (AvgIpc) is 2.19. The van der Waals surface area contributed by atoms with E-state index in [-0.39, 0.29) is 88.7 Å². The molecule has 0 unspecified atom stereocenters. The van der Waals surface area contributed by atoms with E-state index in [2.05, 4.69) is 15.0 Å². The maximum Gasteiger partial charge on any atom is 1.00 e. The molecule has 84 valence electrons. The Labute approximate surface area is 211 Å². The van der Waals surface area contributed by atoms with Crippen LogP contribution in [0.25, 0.3) is 0 Å². The molecule has 0 amide bonds. The van der Waals surface area contributed by atoms with Crippen LogP contribution in [0.2, 0.25) is 0 Å². The number of aromatic nitrogens is 3. The molecule has 1 aromatic rings. The zero-order valence-electron chi connectivity index (χ0n) is 9.52. The molecule has 3 nitrogen and oxygen atoms in total. The van der Waals surface area contributed by atoms with Crippen LogP contribution in [0.5, 0.6) is 0 Å². The van der Waals surface area contributed by atoms with Gasteiger partial charge in [0.1, 0.15) is 0 Å². The van der Waals surface area contributed by atoms with Gasteiger partial charge < -0.3 is 35.0 Å². The molecular formula is C3N3Na3S9. The number of rotatable bonds is 6. The molecule has 1 rings (SSSR count). The van der Waals surface area contributed by atoms with Crippen LogP contribution in [0.3, 0.4) is 0 Å². The van der Waals surface area contributed by atoms with Crippen molar-refractivity contribution in [2.75, 3.05) is 0 Å². The predicted octanol–water partition coefficient (Wildman–Crippen LogP) is -5.51. The first-order valence-electron chi connectivity index (χ1n) is 2.95. The molecule has 0 saturated carbocycles. The summed E-state index contributed by atoms with van der Waals surface area (Å²) in [6.45, 7) is 0. The summed E-state index contributed by atoms with van der Waals surface area (Å²) in [7, 11) is 7.45. The van der Waals surface area contributed by atoms with Crippen molar-refractivity contribution in [1.29, 1.82) is 0 Å². The molecule has 18 heavy (non-hydrogen) atoms. The molecule has 0 saturated heterocycles. The maximum absolute atomic E-state index is 4.76. The van der Waals surface area contributed by atoms with Crippen molar-refractivity contribution in [2.45, 2.75) is 15.5 Å². The quantitative estimate of drug-likeness (QED) is 0.243. The minimum atomic E-state index is 0. The molecule has 0 atom stereocenters. The summed E-state index contributed by atoms with van der Waals surface area (Å²) in [5.41, 5.74) is 0. The van der Waals surface area contributed by atoms with Gasteiger partial charge in [-0.15, -0.1) is 0 Å². The topological polar surface area (TPSA) is 38.7 Å². The van der Waals surface area contributed by atoms with Gasteiger partial charge in [0.2, 0.25) is 15.5 Å². The predicted molar refractivity (Wildman–Crippen MR) is 82.3 cm³/mol. The Morgan fingerprint density at radius 3 is 0.944 bits per heavy atom. The maximum atomic E-state index is 4.76. The van der Waals surface area contributed by atoms with Crippen LogP contribution in [0, 0.1) is 0 Å². The van der Waals surface area contributed by atoms with Crippen molar-refractivity contribution in [1.82, 2.24) is 15.0 Å². The third kappa shape index (κ3) is 12.6. The Hall–Kier alpha value is 5.16. The standard InChI is InChI=1S/C3H3N3S9.3Na/c7-13-10-1-4-2(11-14-8)6-3(5-1)12-15-9;;;/h7-9H;;;/q;3*+1/p-3. The summed E-state index contributed by atoms with van der Waals surface area (Å²) in [4.78, 5) is 12.5. The second-order valence-corrected chi connectivity index (χ2v) is 10.0. The zero-order chi connectivity index (χ0) is 11.1. The van der Waals surface area contributed by atoms with Gasteiger partial charge in [-0.1, -0.05) is 0 Å². The van der Waals surface area contributed by atoms with E-state index in [0.717, 1.165) is 0 Å². The van der Waals surface area contributed by atoms with E-state index in [1.165, 1.54) is 61.9 Å². The Balaban J connectivity index is -0.000000750. The Morgan fingerprint density at radius 2 is 0.778 bits per heavy atom. The van der Waals surface area contributed by atoms with Crippen molar-refractivity contribution in [3.63, 3.8) is 0 Å². The summed E-state index contributed by atoms with van der Waals surface area (Å²) in [6.07, 6.45) is 0. The second-order valence-electron chi connectivity index (χ2n) is 1.64. The molecule has 0 spiro atoms. The largest absolute Gasteiger partial charge is 1.00 e. The van der Waals surface area contributed by atoms with Crippen LogP contribution in [0.1, 0.15) is 0 Å². The van der Waals surface area contributed by atoms with E-state index in [9.17, 15) is 0 Å². The average molecular weight is 436 g/mol. The van der Waals surface area contributed by atoms with Crippen molar-refractivity contribution in [2.24, 2.45) is 0 Å². The summed E-state index contributed by atoms with van der Waals surface area (Å²) in [6, 6.07) is 0. The molecular weight excluding hydrogens is 436 g/mol. The number of hydrogen-bond donors (Lipinski definition) is 0. The van der Waals surface area contributed by atoms with E-state index in [1.807, 2.05) is 0 Å². The monoisotopic (exact) mass is 435 g/mol. The first kappa shape index (κ1) is 28.0. The van der Waals surface area contributed by atoms with E-state index < -0.39 is 0 Å². The van der Waals surface area contributed by atoms with Gasteiger partial charge in [-0.3, -0.25) is 29.5 Å². The molecule has 0 fully saturated rings. The molecule has 0 aliphatic heterocycles. The molecule has 1 heterocycles. The Kier molecular flexibility index (Phi) is 28.8. The van der Waals surface area contributed by atoms with E-state index >= 15 is 0 Å². The third-order valence-corrected chi connectivity index (χ3v) is 5.89. The van der Waals surface area contributed by atoms with Gasteiger partial charge >= 0.3 is 88.7 Å². The molecule has 0 aliphatic rings. The molecule has 0 N–H and O–H groups in total.